The first-order chi connectivity index (χ1) is 10.2. The molecule has 112 valence electrons. The Labute approximate surface area is 131 Å². The summed E-state index contributed by atoms with van der Waals surface area (Å²) in [6, 6.07) is 13.1. The van der Waals surface area contributed by atoms with Gasteiger partial charge in [0.15, 0.2) is 0 Å². The molecule has 2 rings (SSSR count). The molecule has 0 saturated carbocycles. The Morgan fingerprint density at radius 1 is 1.24 bits per heavy atom. The molecule has 0 bridgehead atoms. The van der Waals surface area contributed by atoms with Gasteiger partial charge in [-0.3, -0.25) is 0 Å². The van der Waals surface area contributed by atoms with Gasteiger partial charge in [0.05, 0.1) is 7.11 Å². The average Bonchev–Trinajstić information content (AvgIpc) is 2.54. The number of nitrogens with zero attached hydrogens (tertiary/aromatic N) is 1. The third kappa shape index (κ3) is 4.48. The summed E-state index contributed by atoms with van der Waals surface area (Å²) < 4.78 is 5.28. The number of aromatic nitrogens is 1. The molecule has 0 spiro atoms. The summed E-state index contributed by atoms with van der Waals surface area (Å²) in [7, 11) is 1.66. The molecule has 0 radical (unpaired) electrons. The molecule has 1 N–H and O–H groups in total. The smallest absolute Gasteiger partial charge is 0.217 e. The number of nitrogens with one attached hydrogen (secondary N) is 1. The summed E-state index contributed by atoms with van der Waals surface area (Å²) >= 11 is 1.80. The summed E-state index contributed by atoms with van der Waals surface area (Å²) in [6.45, 7) is 5.30. The molecule has 0 saturated heterocycles. The zero-order valence-electron chi connectivity index (χ0n) is 12.8. The van der Waals surface area contributed by atoms with Gasteiger partial charge in [0.1, 0.15) is 0 Å². The fraction of sp³-hybridized carbons (Fsp3) is 0.353. The summed E-state index contributed by atoms with van der Waals surface area (Å²) in [4.78, 5) is 5.48. The monoisotopic (exact) mass is 302 g/mol. The van der Waals surface area contributed by atoms with Crippen molar-refractivity contribution in [2.75, 3.05) is 13.7 Å². The number of hydrogen-bond donors (Lipinski definition) is 1. The lowest BCUT2D eigenvalue weighted by atomic mass is 10.1. The minimum Gasteiger partial charge on any atom is -0.481 e. The first kappa shape index (κ1) is 15.9. The summed E-state index contributed by atoms with van der Waals surface area (Å²) in [5, 5.41) is 3.42. The van der Waals surface area contributed by atoms with Crippen LogP contribution in [0.15, 0.2) is 47.5 Å². The average molecular weight is 302 g/mol. The molecule has 0 aliphatic carbocycles. The van der Waals surface area contributed by atoms with Crippen molar-refractivity contribution in [2.45, 2.75) is 30.5 Å². The first-order valence-electron chi connectivity index (χ1n) is 7.18. The standard InChI is InChI=1S/C17H22N2OS/c1-4-18-13(2)14-7-9-16(10-8-14)21-12-15-6-5-11-19-17(15)20-3/h5-11,13,18H,4,12H2,1-3H3. The largest absolute Gasteiger partial charge is 0.481 e. The normalized spacial score (nSPS) is 12.1. The maximum atomic E-state index is 5.28. The summed E-state index contributed by atoms with van der Waals surface area (Å²) in [6.07, 6.45) is 1.75. The highest BCUT2D eigenvalue weighted by Gasteiger charge is 2.06. The highest BCUT2D eigenvalue weighted by Crippen LogP contribution is 2.27. The molecule has 1 aromatic carbocycles. The second-order valence-corrected chi connectivity index (χ2v) is 5.86. The number of ether oxygens (including phenoxy) is 1. The molecule has 4 heteroatoms. The Kier molecular flexibility index (Phi) is 6.08. The maximum Gasteiger partial charge on any atom is 0.217 e. The van der Waals surface area contributed by atoms with E-state index in [0.717, 1.165) is 17.9 Å². The predicted molar refractivity (Wildman–Crippen MR) is 88.9 cm³/mol. The van der Waals surface area contributed by atoms with E-state index in [0.29, 0.717) is 11.9 Å². The van der Waals surface area contributed by atoms with Gasteiger partial charge in [0.25, 0.3) is 0 Å². The van der Waals surface area contributed by atoms with Crippen LogP contribution in [0.4, 0.5) is 0 Å². The Bertz CT molecular complexity index is 557. The molecule has 1 unspecified atom stereocenters. The molecule has 0 fully saturated rings. The van der Waals surface area contributed by atoms with Crippen molar-refractivity contribution in [1.82, 2.24) is 10.3 Å². The van der Waals surface area contributed by atoms with E-state index in [1.165, 1.54) is 10.5 Å². The van der Waals surface area contributed by atoms with Gasteiger partial charge in [-0.25, -0.2) is 4.98 Å². The van der Waals surface area contributed by atoms with E-state index < -0.39 is 0 Å². The molecule has 0 aliphatic heterocycles. The first-order valence-corrected chi connectivity index (χ1v) is 8.17. The number of benzene rings is 1. The van der Waals surface area contributed by atoms with Crippen LogP contribution >= 0.6 is 11.8 Å². The topological polar surface area (TPSA) is 34.2 Å². The van der Waals surface area contributed by atoms with Gasteiger partial charge < -0.3 is 10.1 Å². The van der Waals surface area contributed by atoms with Crippen molar-refractivity contribution in [3.63, 3.8) is 0 Å². The maximum absolute atomic E-state index is 5.28. The quantitative estimate of drug-likeness (QED) is 0.782. The highest BCUT2D eigenvalue weighted by molar-refractivity contribution is 7.98. The third-order valence-corrected chi connectivity index (χ3v) is 4.39. The van der Waals surface area contributed by atoms with E-state index in [-0.39, 0.29) is 0 Å². The van der Waals surface area contributed by atoms with Gasteiger partial charge in [-0.2, -0.15) is 0 Å². The van der Waals surface area contributed by atoms with Crippen molar-refractivity contribution in [3.05, 3.63) is 53.7 Å². The highest BCUT2D eigenvalue weighted by atomic mass is 32.2. The summed E-state index contributed by atoms with van der Waals surface area (Å²) in [5.41, 5.74) is 2.44. The van der Waals surface area contributed by atoms with Crippen LogP contribution in [0.3, 0.4) is 0 Å². The van der Waals surface area contributed by atoms with E-state index >= 15 is 0 Å². The number of pyridine rings is 1. The van der Waals surface area contributed by atoms with Crippen LogP contribution in [0.1, 0.15) is 31.0 Å². The molecular formula is C17H22N2OS. The zero-order valence-corrected chi connectivity index (χ0v) is 13.6. The zero-order chi connectivity index (χ0) is 15.1. The van der Waals surface area contributed by atoms with E-state index in [2.05, 4.69) is 54.5 Å². The lowest BCUT2D eigenvalue weighted by molar-refractivity contribution is 0.394. The van der Waals surface area contributed by atoms with Gasteiger partial charge in [-0.1, -0.05) is 25.1 Å². The van der Waals surface area contributed by atoms with E-state index in [4.69, 9.17) is 4.74 Å². The number of thioether (sulfide) groups is 1. The van der Waals surface area contributed by atoms with Crippen LogP contribution in [0, 0.1) is 0 Å². The molecule has 1 atom stereocenters. The SMILES string of the molecule is CCNC(C)c1ccc(SCc2cccnc2OC)cc1. The Balaban J connectivity index is 1.97. The second kappa shape index (κ2) is 8.05. The number of hydrogen-bond acceptors (Lipinski definition) is 4. The third-order valence-electron chi connectivity index (χ3n) is 3.33. The molecule has 2 aromatic rings. The minimum absolute atomic E-state index is 0.396. The predicted octanol–water partition coefficient (Wildman–Crippen LogP) is 4.05. The molecular weight excluding hydrogens is 280 g/mol. The van der Waals surface area contributed by atoms with Crippen LogP contribution in [-0.2, 0) is 5.75 Å². The van der Waals surface area contributed by atoms with E-state index in [1.54, 1.807) is 25.1 Å². The van der Waals surface area contributed by atoms with Gasteiger partial charge in [0.2, 0.25) is 5.88 Å². The number of methoxy groups -OCH3 is 1. The molecule has 1 aromatic heterocycles. The van der Waals surface area contributed by atoms with Crippen molar-refractivity contribution in [1.29, 1.82) is 0 Å². The summed E-state index contributed by atoms with van der Waals surface area (Å²) in [5.74, 6) is 1.57. The molecule has 0 aliphatic rings. The van der Waals surface area contributed by atoms with Crippen LogP contribution in [-0.4, -0.2) is 18.6 Å². The Morgan fingerprint density at radius 3 is 2.67 bits per heavy atom. The van der Waals surface area contributed by atoms with Crippen LogP contribution in [0.25, 0.3) is 0 Å². The molecule has 1 heterocycles. The van der Waals surface area contributed by atoms with E-state index in [9.17, 15) is 0 Å². The fourth-order valence-corrected chi connectivity index (χ4v) is 3.03. The van der Waals surface area contributed by atoms with Crippen molar-refractivity contribution >= 4 is 11.8 Å². The van der Waals surface area contributed by atoms with Crippen molar-refractivity contribution in [2.24, 2.45) is 0 Å². The van der Waals surface area contributed by atoms with Crippen LogP contribution in [0.2, 0.25) is 0 Å². The van der Waals surface area contributed by atoms with Gasteiger partial charge >= 0.3 is 0 Å². The van der Waals surface area contributed by atoms with Crippen molar-refractivity contribution in [3.8, 4) is 5.88 Å². The minimum atomic E-state index is 0.396. The van der Waals surface area contributed by atoms with Gasteiger partial charge in [-0.15, -0.1) is 11.8 Å². The fourth-order valence-electron chi connectivity index (χ4n) is 2.16. The molecule has 0 amide bonds. The van der Waals surface area contributed by atoms with Crippen LogP contribution < -0.4 is 10.1 Å². The molecule has 3 nitrogen and oxygen atoms in total. The second-order valence-electron chi connectivity index (χ2n) is 4.81. The number of rotatable bonds is 7. The Morgan fingerprint density at radius 2 is 2.00 bits per heavy atom. The molecule has 21 heavy (non-hydrogen) atoms. The Hall–Kier alpha value is -1.52. The lowest BCUT2D eigenvalue weighted by Crippen LogP contribution is -2.17. The van der Waals surface area contributed by atoms with E-state index in [1.807, 2.05) is 6.07 Å². The van der Waals surface area contributed by atoms with Gasteiger partial charge in [0, 0.05) is 28.5 Å². The lowest BCUT2D eigenvalue weighted by Gasteiger charge is -2.13. The van der Waals surface area contributed by atoms with Crippen molar-refractivity contribution < 1.29 is 4.74 Å². The van der Waals surface area contributed by atoms with Crippen LogP contribution in [0.5, 0.6) is 5.88 Å². The van der Waals surface area contributed by atoms with Gasteiger partial charge in [-0.05, 0) is 37.2 Å².